The lowest BCUT2D eigenvalue weighted by Crippen LogP contribution is -2.12. The van der Waals surface area contributed by atoms with Gasteiger partial charge >= 0.3 is 0 Å². The predicted octanol–water partition coefficient (Wildman–Crippen LogP) is 4.76. The van der Waals surface area contributed by atoms with Crippen LogP contribution in [-0.4, -0.2) is 7.11 Å². The molecular weight excluding hydrogens is 338 g/mol. The predicted molar refractivity (Wildman–Crippen MR) is 98.1 cm³/mol. The third-order valence-corrected chi connectivity index (χ3v) is 4.16. The van der Waals surface area contributed by atoms with Gasteiger partial charge in [0, 0.05) is 0 Å². The van der Waals surface area contributed by atoms with Gasteiger partial charge in [0.2, 0.25) is 0 Å². The van der Waals surface area contributed by atoms with Crippen molar-refractivity contribution in [2.45, 2.75) is 19.1 Å². The van der Waals surface area contributed by atoms with E-state index in [2.05, 4.69) is 0 Å². The molecule has 130 valence electrons. The standard InChI is InChI=1S/C20H20ClNO3/c1-23-19-12-15(11-17(22)18-8-5-9-24-18)10-16(21)20(19)25-13-14-6-3-2-4-7-14/h2-10,12,17H,11,13,22H2,1H3. The number of methoxy groups -OCH3 is 1. The minimum atomic E-state index is -0.244. The number of benzene rings is 2. The van der Waals surface area contributed by atoms with Crippen molar-refractivity contribution in [2.24, 2.45) is 5.73 Å². The van der Waals surface area contributed by atoms with E-state index in [0.29, 0.717) is 29.5 Å². The van der Waals surface area contributed by atoms with Crippen molar-refractivity contribution in [3.8, 4) is 11.5 Å². The molecule has 0 aliphatic carbocycles. The summed E-state index contributed by atoms with van der Waals surface area (Å²) >= 11 is 6.42. The second-order valence-electron chi connectivity index (χ2n) is 5.71. The van der Waals surface area contributed by atoms with E-state index in [1.165, 1.54) is 0 Å². The lowest BCUT2D eigenvalue weighted by Gasteiger charge is -2.15. The fourth-order valence-electron chi connectivity index (χ4n) is 2.62. The van der Waals surface area contributed by atoms with Crippen molar-refractivity contribution in [1.29, 1.82) is 0 Å². The number of halogens is 1. The third-order valence-electron chi connectivity index (χ3n) is 3.88. The molecule has 0 aliphatic rings. The Morgan fingerprint density at radius 1 is 1.08 bits per heavy atom. The van der Waals surface area contributed by atoms with E-state index in [1.807, 2.05) is 54.6 Å². The maximum absolute atomic E-state index is 6.42. The van der Waals surface area contributed by atoms with Crippen LogP contribution < -0.4 is 15.2 Å². The number of hydrogen-bond donors (Lipinski definition) is 1. The first-order chi connectivity index (χ1) is 12.2. The van der Waals surface area contributed by atoms with Gasteiger partial charge in [-0.05, 0) is 41.8 Å². The number of nitrogens with two attached hydrogens (primary N) is 1. The number of hydrogen-bond acceptors (Lipinski definition) is 4. The van der Waals surface area contributed by atoms with E-state index in [4.69, 9.17) is 31.2 Å². The van der Waals surface area contributed by atoms with Crippen LogP contribution in [0.2, 0.25) is 5.02 Å². The average molecular weight is 358 g/mol. The van der Waals surface area contributed by atoms with Gasteiger partial charge in [-0.15, -0.1) is 0 Å². The summed E-state index contributed by atoms with van der Waals surface area (Å²) in [5.74, 6) is 1.85. The van der Waals surface area contributed by atoms with Crippen molar-refractivity contribution in [3.63, 3.8) is 0 Å². The molecule has 1 unspecified atom stereocenters. The van der Waals surface area contributed by atoms with Gasteiger partial charge in [0.05, 0.1) is 24.4 Å². The smallest absolute Gasteiger partial charge is 0.180 e. The van der Waals surface area contributed by atoms with Crippen molar-refractivity contribution >= 4 is 11.6 Å². The summed E-state index contributed by atoms with van der Waals surface area (Å²) in [6, 6.07) is 17.1. The van der Waals surface area contributed by atoms with Crippen LogP contribution in [0.1, 0.15) is 22.9 Å². The molecule has 5 heteroatoms. The molecule has 3 aromatic rings. The molecule has 3 rings (SSSR count). The zero-order valence-electron chi connectivity index (χ0n) is 13.9. The topological polar surface area (TPSA) is 57.6 Å². The van der Waals surface area contributed by atoms with Gasteiger partial charge in [0.1, 0.15) is 12.4 Å². The Hall–Kier alpha value is -2.43. The molecular formula is C20H20ClNO3. The molecule has 0 amide bonds. The summed E-state index contributed by atoms with van der Waals surface area (Å²) < 4.78 is 16.7. The van der Waals surface area contributed by atoms with Crippen LogP contribution in [-0.2, 0) is 13.0 Å². The maximum Gasteiger partial charge on any atom is 0.180 e. The SMILES string of the molecule is COc1cc(CC(N)c2ccco2)cc(Cl)c1OCc1ccccc1. The van der Waals surface area contributed by atoms with E-state index >= 15 is 0 Å². The van der Waals surface area contributed by atoms with Crippen molar-refractivity contribution in [3.05, 3.63) is 82.8 Å². The molecule has 1 atom stereocenters. The van der Waals surface area contributed by atoms with Gasteiger partial charge < -0.3 is 19.6 Å². The fourth-order valence-corrected chi connectivity index (χ4v) is 2.91. The van der Waals surface area contributed by atoms with E-state index in [-0.39, 0.29) is 6.04 Å². The van der Waals surface area contributed by atoms with Crippen LogP contribution in [0.3, 0.4) is 0 Å². The molecule has 1 aromatic heterocycles. The first-order valence-corrected chi connectivity index (χ1v) is 8.37. The van der Waals surface area contributed by atoms with Crippen LogP contribution >= 0.6 is 11.6 Å². The molecule has 0 saturated heterocycles. The third kappa shape index (κ3) is 4.35. The van der Waals surface area contributed by atoms with Crippen molar-refractivity contribution in [1.82, 2.24) is 0 Å². The maximum atomic E-state index is 6.42. The minimum Gasteiger partial charge on any atom is -0.493 e. The van der Waals surface area contributed by atoms with Crippen molar-refractivity contribution < 1.29 is 13.9 Å². The Balaban J connectivity index is 1.76. The normalized spacial score (nSPS) is 12.0. The highest BCUT2D eigenvalue weighted by atomic mass is 35.5. The average Bonchev–Trinajstić information content (AvgIpc) is 3.16. The van der Waals surface area contributed by atoms with Gasteiger partial charge in [-0.25, -0.2) is 0 Å². The first kappa shape index (κ1) is 17.4. The number of ether oxygens (including phenoxy) is 2. The van der Waals surface area contributed by atoms with Gasteiger partial charge in [0.15, 0.2) is 11.5 Å². The van der Waals surface area contributed by atoms with Gasteiger partial charge in [-0.1, -0.05) is 41.9 Å². The largest absolute Gasteiger partial charge is 0.493 e. The Bertz CT molecular complexity index is 803. The van der Waals surface area contributed by atoms with E-state index in [0.717, 1.165) is 16.9 Å². The van der Waals surface area contributed by atoms with E-state index in [1.54, 1.807) is 13.4 Å². The molecule has 0 saturated carbocycles. The summed E-state index contributed by atoms with van der Waals surface area (Å²) in [5.41, 5.74) is 8.19. The number of furan rings is 1. The van der Waals surface area contributed by atoms with E-state index in [9.17, 15) is 0 Å². The Morgan fingerprint density at radius 2 is 1.88 bits per heavy atom. The lowest BCUT2D eigenvalue weighted by atomic mass is 10.0. The molecule has 0 fully saturated rings. The van der Waals surface area contributed by atoms with Crippen LogP contribution in [0.4, 0.5) is 0 Å². The summed E-state index contributed by atoms with van der Waals surface area (Å²) in [6.07, 6.45) is 2.20. The molecule has 0 aliphatic heterocycles. The van der Waals surface area contributed by atoms with Gasteiger partial charge in [-0.3, -0.25) is 0 Å². The molecule has 0 bridgehead atoms. The van der Waals surface area contributed by atoms with E-state index < -0.39 is 0 Å². The zero-order valence-corrected chi connectivity index (χ0v) is 14.7. The molecule has 4 nitrogen and oxygen atoms in total. The monoisotopic (exact) mass is 357 g/mol. The van der Waals surface area contributed by atoms with Crippen LogP contribution in [0.25, 0.3) is 0 Å². The van der Waals surface area contributed by atoms with Crippen LogP contribution in [0.15, 0.2) is 65.3 Å². The fraction of sp³-hybridized carbons (Fsp3) is 0.200. The quantitative estimate of drug-likeness (QED) is 0.662. The van der Waals surface area contributed by atoms with Crippen molar-refractivity contribution in [2.75, 3.05) is 7.11 Å². The summed E-state index contributed by atoms with van der Waals surface area (Å²) in [5, 5.41) is 0.497. The lowest BCUT2D eigenvalue weighted by molar-refractivity contribution is 0.284. The first-order valence-electron chi connectivity index (χ1n) is 7.99. The summed E-state index contributed by atoms with van der Waals surface area (Å²) in [7, 11) is 1.59. The molecule has 2 aromatic carbocycles. The molecule has 25 heavy (non-hydrogen) atoms. The van der Waals surface area contributed by atoms with Crippen LogP contribution in [0, 0.1) is 0 Å². The van der Waals surface area contributed by atoms with Crippen LogP contribution in [0.5, 0.6) is 11.5 Å². The zero-order chi connectivity index (χ0) is 17.6. The molecule has 0 radical (unpaired) electrons. The Labute approximate surface area is 152 Å². The minimum absolute atomic E-state index is 0.244. The summed E-state index contributed by atoms with van der Waals surface area (Å²) in [4.78, 5) is 0. The number of rotatable bonds is 7. The second-order valence-corrected chi connectivity index (χ2v) is 6.12. The molecule has 2 N–H and O–H groups in total. The molecule has 0 spiro atoms. The molecule has 1 heterocycles. The highest BCUT2D eigenvalue weighted by Gasteiger charge is 2.16. The van der Waals surface area contributed by atoms with Gasteiger partial charge in [0.25, 0.3) is 0 Å². The summed E-state index contributed by atoms with van der Waals surface area (Å²) in [6.45, 7) is 0.419. The highest BCUT2D eigenvalue weighted by molar-refractivity contribution is 6.32. The second kappa shape index (κ2) is 8.10. The Kier molecular flexibility index (Phi) is 5.64. The highest BCUT2D eigenvalue weighted by Crippen LogP contribution is 2.37. The Morgan fingerprint density at radius 3 is 2.56 bits per heavy atom. The van der Waals surface area contributed by atoms with Gasteiger partial charge in [-0.2, -0.15) is 0 Å².